The van der Waals surface area contributed by atoms with Crippen molar-refractivity contribution in [3.05, 3.63) is 39.7 Å². The Morgan fingerprint density at radius 2 is 2.39 bits per heavy atom. The van der Waals surface area contributed by atoms with Gasteiger partial charge in [0, 0.05) is 24.4 Å². The molecule has 1 saturated heterocycles. The van der Waals surface area contributed by atoms with Crippen LogP contribution in [0.5, 0.6) is 0 Å². The van der Waals surface area contributed by atoms with Crippen molar-refractivity contribution in [1.29, 1.82) is 0 Å². The van der Waals surface area contributed by atoms with E-state index in [1.54, 1.807) is 6.07 Å². The number of morpholine rings is 1. The van der Waals surface area contributed by atoms with Gasteiger partial charge in [-0.3, -0.25) is 4.79 Å². The Morgan fingerprint density at radius 3 is 3.13 bits per heavy atom. The molecule has 0 aliphatic carbocycles. The Morgan fingerprint density at radius 1 is 1.57 bits per heavy atom. The molecular formula is C15H16ClFN4O2. The van der Waals surface area contributed by atoms with Crippen LogP contribution in [0.1, 0.15) is 13.3 Å². The van der Waals surface area contributed by atoms with Gasteiger partial charge in [0.1, 0.15) is 10.8 Å². The van der Waals surface area contributed by atoms with Gasteiger partial charge in [-0.1, -0.05) is 18.5 Å². The summed E-state index contributed by atoms with van der Waals surface area (Å²) in [5, 5.41) is 0.0311. The highest BCUT2D eigenvalue weighted by Crippen LogP contribution is 2.27. The zero-order valence-electron chi connectivity index (χ0n) is 12.6. The number of pyridine rings is 1. The largest absolute Gasteiger partial charge is 0.377 e. The molecule has 122 valence electrons. The lowest BCUT2D eigenvalue weighted by Crippen LogP contribution is -2.46. The van der Waals surface area contributed by atoms with Crippen molar-refractivity contribution < 1.29 is 9.13 Å². The first-order chi connectivity index (χ1) is 11.1. The number of nitrogens with zero attached hydrogens (tertiary/aromatic N) is 3. The number of H-pyrrole nitrogens is 1. The fourth-order valence-electron chi connectivity index (χ4n) is 2.60. The van der Waals surface area contributed by atoms with Gasteiger partial charge in [0.05, 0.1) is 19.3 Å². The summed E-state index contributed by atoms with van der Waals surface area (Å²) in [7, 11) is 0. The van der Waals surface area contributed by atoms with Crippen LogP contribution in [-0.4, -0.2) is 40.8 Å². The Hall–Kier alpha value is -1.99. The summed E-state index contributed by atoms with van der Waals surface area (Å²) < 4.78 is 18.8. The third-order valence-electron chi connectivity index (χ3n) is 3.82. The molecule has 3 rings (SSSR count). The van der Waals surface area contributed by atoms with Crippen molar-refractivity contribution in [2.24, 2.45) is 0 Å². The van der Waals surface area contributed by atoms with Gasteiger partial charge >= 0.3 is 0 Å². The SMILES string of the molecule is CCC1COCCN1c1nc(-c2ccnc(F)c2)[nH]c(=O)c1Cl. The maximum Gasteiger partial charge on any atom is 0.272 e. The molecule has 1 aliphatic heterocycles. The number of aromatic nitrogens is 3. The molecule has 0 saturated carbocycles. The Kier molecular flexibility index (Phi) is 4.58. The third-order valence-corrected chi connectivity index (χ3v) is 4.16. The van der Waals surface area contributed by atoms with Crippen molar-refractivity contribution in [2.75, 3.05) is 24.7 Å². The summed E-state index contributed by atoms with van der Waals surface area (Å²) in [6.45, 7) is 3.73. The number of halogens is 2. The highest BCUT2D eigenvalue weighted by molar-refractivity contribution is 6.32. The number of hydrogen-bond donors (Lipinski definition) is 1. The van der Waals surface area contributed by atoms with Gasteiger partial charge in [-0.05, 0) is 12.5 Å². The van der Waals surface area contributed by atoms with Crippen molar-refractivity contribution in [3.63, 3.8) is 0 Å². The second-order valence-electron chi connectivity index (χ2n) is 5.25. The summed E-state index contributed by atoms with van der Waals surface area (Å²) in [4.78, 5) is 24.7. The van der Waals surface area contributed by atoms with Crippen LogP contribution in [-0.2, 0) is 4.74 Å². The molecule has 2 aromatic heterocycles. The molecule has 1 aliphatic rings. The molecule has 6 nitrogen and oxygen atoms in total. The van der Waals surface area contributed by atoms with E-state index < -0.39 is 11.5 Å². The summed E-state index contributed by atoms with van der Waals surface area (Å²) in [5.74, 6) is 0.0225. The van der Waals surface area contributed by atoms with Crippen LogP contribution in [0.4, 0.5) is 10.2 Å². The minimum absolute atomic E-state index is 0.0311. The van der Waals surface area contributed by atoms with Crippen LogP contribution in [0.3, 0.4) is 0 Å². The van der Waals surface area contributed by atoms with Gasteiger partial charge in [0.2, 0.25) is 5.95 Å². The lowest BCUT2D eigenvalue weighted by Gasteiger charge is -2.36. The summed E-state index contributed by atoms with van der Waals surface area (Å²) in [6.07, 6.45) is 2.16. The lowest BCUT2D eigenvalue weighted by molar-refractivity contribution is 0.0925. The molecule has 1 N–H and O–H groups in total. The van der Waals surface area contributed by atoms with Crippen LogP contribution in [0.25, 0.3) is 11.4 Å². The van der Waals surface area contributed by atoms with E-state index >= 15 is 0 Å². The number of rotatable bonds is 3. The molecule has 0 amide bonds. The predicted octanol–water partition coefficient (Wildman–Crippen LogP) is 2.24. The van der Waals surface area contributed by atoms with Crippen LogP contribution >= 0.6 is 11.6 Å². The standard InChI is InChI=1S/C15H16ClFN4O2/c1-2-10-8-23-6-5-21(10)14-12(16)15(22)20-13(19-14)9-3-4-18-11(17)7-9/h3-4,7,10H,2,5-6,8H2,1H3,(H,19,20,22). The van der Waals surface area contributed by atoms with E-state index in [1.807, 2.05) is 11.8 Å². The van der Waals surface area contributed by atoms with Crippen LogP contribution in [0.15, 0.2) is 23.1 Å². The Bertz CT molecular complexity index is 767. The van der Waals surface area contributed by atoms with E-state index in [4.69, 9.17) is 16.3 Å². The normalized spacial score (nSPS) is 18.2. The van der Waals surface area contributed by atoms with Crippen LogP contribution < -0.4 is 10.5 Å². The molecule has 3 heterocycles. The quantitative estimate of drug-likeness (QED) is 0.869. The minimum atomic E-state index is -0.639. The molecular weight excluding hydrogens is 323 g/mol. The van der Waals surface area contributed by atoms with E-state index in [0.717, 1.165) is 6.42 Å². The maximum atomic E-state index is 13.3. The monoisotopic (exact) mass is 338 g/mol. The summed E-state index contributed by atoms with van der Waals surface area (Å²) in [5.41, 5.74) is -0.0148. The Labute approximate surface area is 137 Å². The molecule has 0 aromatic carbocycles. The topological polar surface area (TPSA) is 71.1 Å². The Balaban J connectivity index is 2.08. The van der Waals surface area contributed by atoms with Gasteiger partial charge in [-0.2, -0.15) is 4.39 Å². The lowest BCUT2D eigenvalue weighted by atomic mass is 10.1. The summed E-state index contributed by atoms with van der Waals surface area (Å²) in [6, 6.07) is 2.89. The molecule has 2 aromatic rings. The molecule has 8 heteroatoms. The van der Waals surface area contributed by atoms with Crippen LogP contribution in [0.2, 0.25) is 5.02 Å². The maximum absolute atomic E-state index is 13.3. The van der Waals surface area contributed by atoms with Gasteiger partial charge in [-0.15, -0.1) is 0 Å². The highest BCUT2D eigenvalue weighted by Gasteiger charge is 2.26. The fourth-order valence-corrected chi connectivity index (χ4v) is 2.79. The summed E-state index contributed by atoms with van der Waals surface area (Å²) >= 11 is 6.16. The van der Waals surface area contributed by atoms with Gasteiger partial charge < -0.3 is 14.6 Å². The fraction of sp³-hybridized carbons (Fsp3) is 0.400. The van der Waals surface area contributed by atoms with Crippen molar-refractivity contribution >= 4 is 17.4 Å². The second-order valence-corrected chi connectivity index (χ2v) is 5.63. The van der Waals surface area contributed by atoms with E-state index in [2.05, 4.69) is 15.0 Å². The van der Waals surface area contributed by atoms with E-state index in [0.29, 0.717) is 31.1 Å². The number of nitrogens with one attached hydrogen (secondary N) is 1. The second kappa shape index (κ2) is 6.64. The smallest absolute Gasteiger partial charge is 0.272 e. The molecule has 1 fully saturated rings. The number of aromatic amines is 1. The first kappa shape index (κ1) is 15.9. The third kappa shape index (κ3) is 3.20. The van der Waals surface area contributed by atoms with Gasteiger partial charge in [0.25, 0.3) is 5.56 Å². The van der Waals surface area contributed by atoms with Crippen LogP contribution in [0, 0.1) is 5.95 Å². The first-order valence-electron chi connectivity index (χ1n) is 7.36. The predicted molar refractivity (Wildman–Crippen MR) is 85.3 cm³/mol. The molecule has 23 heavy (non-hydrogen) atoms. The molecule has 0 radical (unpaired) electrons. The van der Waals surface area contributed by atoms with E-state index in [1.165, 1.54) is 12.3 Å². The molecule has 1 atom stereocenters. The first-order valence-corrected chi connectivity index (χ1v) is 7.74. The number of hydrogen-bond acceptors (Lipinski definition) is 5. The minimum Gasteiger partial charge on any atom is -0.377 e. The number of anilines is 1. The highest BCUT2D eigenvalue weighted by atomic mass is 35.5. The zero-order chi connectivity index (χ0) is 16.4. The molecule has 1 unspecified atom stereocenters. The van der Waals surface area contributed by atoms with Crippen molar-refractivity contribution in [3.8, 4) is 11.4 Å². The van der Waals surface area contributed by atoms with Crippen molar-refractivity contribution in [1.82, 2.24) is 15.0 Å². The molecule has 0 bridgehead atoms. The molecule has 0 spiro atoms. The zero-order valence-corrected chi connectivity index (χ0v) is 13.3. The average molecular weight is 339 g/mol. The van der Waals surface area contributed by atoms with Crippen molar-refractivity contribution in [2.45, 2.75) is 19.4 Å². The van der Waals surface area contributed by atoms with E-state index in [9.17, 15) is 9.18 Å². The van der Waals surface area contributed by atoms with E-state index in [-0.39, 0.29) is 16.9 Å². The number of ether oxygens (including phenoxy) is 1. The average Bonchev–Trinajstić information content (AvgIpc) is 2.57. The van der Waals surface area contributed by atoms with Gasteiger partial charge in [0.15, 0.2) is 5.82 Å². The van der Waals surface area contributed by atoms with Gasteiger partial charge in [-0.25, -0.2) is 9.97 Å².